The summed E-state index contributed by atoms with van der Waals surface area (Å²) in [4.78, 5) is 0.630. The van der Waals surface area contributed by atoms with Gasteiger partial charge in [-0.1, -0.05) is 0 Å². The van der Waals surface area contributed by atoms with Gasteiger partial charge in [-0.15, -0.1) is 0 Å². The third-order valence-corrected chi connectivity index (χ3v) is 20.8. The van der Waals surface area contributed by atoms with Crippen LogP contribution in [0, 0.1) is 13.8 Å². The van der Waals surface area contributed by atoms with Crippen LogP contribution in [-0.2, 0) is 9.84 Å². The van der Waals surface area contributed by atoms with Crippen LogP contribution in [0.2, 0.25) is 19.6 Å². The number of benzene rings is 3. The number of aryl methyl sites for hydroxylation is 2. The zero-order valence-corrected chi connectivity index (χ0v) is 25.8. The Kier molecular flexibility index (Phi) is 7.25. The van der Waals surface area contributed by atoms with Crippen molar-refractivity contribution in [1.82, 2.24) is 0 Å². The van der Waals surface area contributed by atoms with E-state index in [-0.39, 0.29) is 0 Å². The summed E-state index contributed by atoms with van der Waals surface area (Å²) in [5, 5.41) is 1.06. The summed E-state index contributed by atoms with van der Waals surface area (Å²) in [6, 6.07) is 23.8. The van der Waals surface area contributed by atoms with E-state index in [1.165, 1.54) is 17.7 Å². The van der Waals surface area contributed by atoms with Crippen LogP contribution in [0.3, 0.4) is 0 Å². The summed E-state index contributed by atoms with van der Waals surface area (Å²) in [5.74, 6) is 0. The van der Waals surface area contributed by atoms with Gasteiger partial charge in [0.05, 0.1) is 0 Å². The van der Waals surface area contributed by atoms with Crippen molar-refractivity contribution in [2.45, 2.75) is 63.9 Å². The first-order valence-electron chi connectivity index (χ1n) is 11.0. The molecule has 0 aliphatic heterocycles. The van der Waals surface area contributed by atoms with Gasteiger partial charge < -0.3 is 0 Å². The van der Waals surface area contributed by atoms with Crippen molar-refractivity contribution < 1.29 is 8.42 Å². The van der Waals surface area contributed by atoms with Crippen molar-refractivity contribution in [3.05, 3.63) is 77.9 Å². The molecule has 0 unspecified atom stereocenters. The summed E-state index contributed by atoms with van der Waals surface area (Å²) in [7, 11) is -5.42. The van der Waals surface area contributed by atoms with E-state index in [1.54, 1.807) is 0 Å². The first kappa shape index (κ1) is 25.3. The molecule has 0 saturated carbocycles. The molecule has 170 valence electrons. The van der Waals surface area contributed by atoms with Crippen molar-refractivity contribution in [3.63, 3.8) is 0 Å². The summed E-state index contributed by atoms with van der Waals surface area (Å²) >= 11 is -2.89. The number of hydrogen-bond acceptors (Lipinski definition) is 2. The van der Waals surface area contributed by atoms with Crippen LogP contribution in [0.1, 0.15) is 31.9 Å². The zero-order chi connectivity index (χ0) is 23.9. The molecule has 0 aliphatic carbocycles. The van der Waals surface area contributed by atoms with Gasteiger partial charge in [0.1, 0.15) is 0 Å². The topological polar surface area (TPSA) is 34.1 Å². The Balaban J connectivity index is 2.44. The maximum atomic E-state index is 14.1. The Morgan fingerprint density at radius 2 is 1.16 bits per heavy atom. The van der Waals surface area contributed by atoms with Crippen LogP contribution in [0.4, 0.5) is 0 Å². The molecule has 0 fully saturated rings. The molecule has 32 heavy (non-hydrogen) atoms. The molecule has 3 aromatic carbocycles. The third kappa shape index (κ3) is 5.11. The van der Waals surface area contributed by atoms with Gasteiger partial charge in [-0.3, -0.25) is 0 Å². The fourth-order valence-corrected chi connectivity index (χ4v) is 19.3. The van der Waals surface area contributed by atoms with Crippen molar-refractivity contribution >= 4 is 54.7 Å². The summed E-state index contributed by atoms with van der Waals surface area (Å²) in [5.41, 5.74) is 2.44. The Morgan fingerprint density at radius 1 is 0.719 bits per heavy atom. The number of rotatable bonds is 5. The predicted molar refractivity (Wildman–Crippen MR) is 143 cm³/mol. The fraction of sp³-hybridized carbons (Fsp3) is 0.333. The van der Waals surface area contributed by atoms with Gasteiger partial charge in [0.15, 0.2) is 0 Å². The van der Waals surface area contributed by atoms with Crippen molar-refractivity contribution in [1.29, 1.82) is 0 Å². The van der Waals surface area contributed by atoms with E-state index >= 15 is 0 Å². The van der Waals surface area contributed by atoms with Crippen LogP contribution in [0.5, 0.6) is 0 Å². The second-order valence-corrected chi connectivity index (χ2v) is 26.7. The molecule has 0 atom stereocenters. The van der Waals surface area contributed by atoms with Gasteiger partial charge in [-0.2, -0.15) is 0 Å². The molecule has 5 heteroatoms. The van der Waals surface area contributed by atoms with Gasteiger partial charge in [0.2, 0.25) is 0 Å². The second kappa shape index (κ2) is 9.16. The molecule has 0 heterocycles. The van der Waals surface area contributed by atoms with E-state index < -0.39 is 44.4 Å². The standard InChI is InChI=1S/C13H21O2SSi.2C7H7.Bi/c1-13(2,3)16(14,15)11-9-7-8-10-12(11)17(4,5)6;2*1-7-5-3-2-4-6-7;/h7-8,10H,1-6H3;2*3-6H,1H3;. The van der Waals surface area contributed by atoms with Crippen LogP contribution in [0.15, 0.2) is 71.6 Å². The summed E-state index contributed by atoms with van der Waals surface area (Å²) in [6.45, 7) is 16.4. The first-order chi connectivity index (χ1) is 14.7. The predicted octanol–water partition coefficient (Wildman–Crippen LogP) is 3.94. The zero-order valence-electron chi connectivity index (χ0n) is 20.5. The van der Waals surface area contributed by atoms with Gasteiger partial charge >= 0.3 is 205 Å². The molecule has 0 N–H and O–H groups in total. The maximum absolute atomic E-state index is 14.1. The van der Waals surface area contributed by atoms with E-state index in [0.29, 0.717) is 4.90 Å². The molecule has 3 rings (SSSR count). The molecule has 0 aliphatic rings. The summed E-state index contributed by atoms with van der Waals surface area (Å²) < 4.78 is 31.0. The van der Waals surface area contributed by atoms with Gasteiger partial charge in [0.25, 0.3) is 0 Å². The molecule has 0 saturated heterocycles. The molecular weight excluding hydrogens is 625 g/mol. The summed E-state index contributed by atoms with van der Waals surface area (Å²) in [6.07, 6.45) is 0. The SMILES string of the molecule is Cc1cc[c]([Bi]([c]2ccc(C)cc2)[c]2cccc([Si](C)(C)C)c2S(=O)(=O)C(C)(C)C)cc1. The Labute approximate surface area is 203 Å². The van der Waals surface area contributed by atoms with E-state index in [9.17, 15) is 8.42 Å². The third-order valence-electron chi connectivity index (χ3n) is 5.70. The average molecular weight is 661 g/mol. The molecule has 3 aromatic rings. The van der Waals surface area contributed by atoms with Crippen LogP contribution >= 0.6 is 0 Å². The molecule has 0 amide bonds. The normalized spacial score (nSPS) is 12.9. The van der Waals surface area contributed by atoms with E-state index in [0.717, 1.165) is 8.46 Å². The van der Waals surface area contributed by atoms with Crippen LogP contribution in [-0.4, -0.2) is 43.0 Å². The molecule has 0 aromatic heterocycles. The Morgan fingerprint density at radius 3 is 1.53 bits per heavy atom. The van der Waals surface area contributed by atoms with E-state index in [1.807, 2.05) is 20.8 Å². The molecule has 0 radical (unpaired) electrons. The minimum absolute atomic E-state index is 0.630. The Hall–Kier alpha value is -1.29. The van der Waals surface area contributed by atoms with Crippen LogP contribution in [0.25, 0.3) is 0 Å². The molecule has 0 bridgehead atoms. The first-order valence-corrected chi connectivity index (χ1v) is 21.2. The van der Waals surface area contributed by atoms with Gasteiger partial charge in [0, 0.05) is 0 Å². The fourth-order valence-electron chi connectivity index (χ4n) is 3.70. The Bertz CT molecular complexity index is 1150. The van der Waals surface area contributed by atoms with Crippen molar-refractivity contribution in [2.24, 2.45) is 0 Å². The number of sulfone groups is 1. The second-order valence-electron chi connectivity index (χ2n) is 10.5. The van der Waals surface area contributed by atoms with E-state index in [4.69, 9.17) is 0 Å². The van der Waals surface area contributed by atoms with Crippen LogP contribution < -0.4 is 15.0 Å². The quantitative estimate of drug-likeness (QED) is 0.389. The molecule has 0 spiro atoms. The van der Waals surface area contributed by atoms with Gasteiger partial charge in [-0.05, 0) is 0 Å². The molecular formula is C27H35BiO2SSi. The average Bonchev–Trinajstić information content (AvgIpc) is 2.69. The van der Waals surface area contributed by atoms with Crippen molar-refractivity contribution in [3.8, 4) is 0 Å². The van der Waals surface area contributed by atoms with Gasteiger partial charge in [-0.25, -0.2) is 0 Å². The molecule has 2 nitrogen and oxygen atoms in total. The van der Waals surface area contributed by atoms with Crippen molar-refractivity contribution in [2.75, 3.05) is 0 Å². The monoisotopic (exact) mass is 660 g/mol. The minimum atomic E-state index is -3.51. The number of hydrogen-bond donors (Lipinski definition) is 0. The van der Waals surface area contributed by atoms with E-state index in [2.05, 4.69) is 100 Å².